The molecule has 4 heteroatoms. The van der Waals surface area contributed by atoms with Crippen LogP contribution in [0.1, 0.15) is 19.3 Å². The summed E-state index contributed by atoms with van der Waals surface area (Å²) >= 11 is 0. The van der Waals surface area contributed by atoms with E-state index in [1.165, 1.54) is 6.08 Å². The molecule has 16 heavy (non-hydrogen) atoms. The number of nitrogens with zero attached hydrogens (tertiary/aromatic N) is 1. The Morgan fingerprint density at radius 3 is 2.88 bits per heavy atom. The Morgan fingerprint density at radius 1 is 1.56 bits per heavy atom. The van der Waals surface area contributed by atoms with Crippen molar-refractivity contribution < 1.29 is 13.5 Å². The molecule has 0 amide bonds. The quantitative estimate of drug-likeness (QED) is 0.739. The van der Waals surface area contributed by atoms with Crippen molar-refractivity contribution in [2.75, 3.05) is 6.61 Å². The monoisotopic (exact) mass is 225 g/mol. The molecule has 2 unspecified atom stereocenters. The Hall–Kier alpha value is -1.21. The van der Waals surface area contributed by atoms with Gasteiger partial charge in [-0.3, -0.25) is 0 Å². The summed E-state index contributed by atoms with van der Waals surface area (Å²) in [5, 5.41) is 8.75. The van der Waals surface area contributed by atoms with Gasteiger partial charge in [0.1, 0.15) is 5.83 Å². The molecule has 0 aromatic heterocycles. The fourth-order valence-electron chi connectivity index (χ4n) is 1.84. The van der Waals surface area contributed by atoms with Crippen LogP contribution in [0.15, 0.2) is 24.1 Å². The zero-order valence-corrected chi connectivity index (χ0v) is 8.83. The van der Waals surface area contributed by atoms with Gasteiger partial charge in [0.05, 0.1) is 12.7 Å². The van der Waals surface area contributed by atoms with Crippen LogP contribution in [0.4, 0.5) is 8.78 Å². The van der Waals surface area contributed by atoms with Gasteiger partial charge in [0.15, 0.2) is 5.92 Å². The lowest BCUT2D eigenvalue weighted by Crippen LogP contribution is -2.37. The van der Waals surface area contributed by atoms with Crippen molar-refractivity contribution in [2.45, 2.75) is 25.1 Å². The summed E-state index contributed by atoms with van der Waals surface area (Å²) in [4.78, 5) is 0. The van der Waals surface area contributed by atoms with Gasteiger partial charge in [-0.1, -0.05) is 12.5 Å². The second-order valence-corrected chi connectivity index (χ2v) is 4.28. The number of ether oxygens (including phenoxy) is 1. The fourth-order valence-corrected chi connectivity index (χ4v) is 1.84. The molecule has 0 aromatic carbocycles. The second-order valence-electron chi connectivity index (χ2n) is 4.28. The van der Waals surface area contributed by atoms with Crippen LogP contribution in [0.2, 0.25) is 0 Å². The highest BCUT2D eigenvalue weighted by Gasteiger charge is 2.43. The van der Waals surface area contributed by atoms with Crippen LogP contribution in [0, 0.1) is 23.2 Å². The normalized spacial score (nSPS) is 34.1. The number of hydrogen-bond acceptors (Lipinski definition) is 2. The molecule has 1 fully saturated rings. The van der Waals surface area contributed by atoms with Gasteiger partial charge < -0.3 is 4.74 Å². The third kappa shape index (κ3) is 2.00. The number of rotatable bonds is 3. The molecule has 86 valence electrons. The van der Waals surface area contributed by atoms with Crippen LogP contribution in [0.25, 0.3) is 0 Å². The number of allylic oxidation sites excluding steroid dienone is 2. The lowest BCUT2D eigenvalue weighted by atomic mass is 9.86. The average Bonchev–Trinajstić information content (AvgIpc) is 2.15. The molecule has 0 spiro atoms. The van der Waals surface area contributed by atoms with Crippen LogP contribution < -0.4 is 0 Å². The zero-order chi connectivity index (χ0) is 11.6. The lowest BCUT2D eigenvalue weighted by molar-refractivity contribution is -0.144. The third-order valence-corrected chi connectivity index (χ3v) is 3.14. The average molecular weight is 225 g/mol. The van der Waals surface area contributed by atoms with Crippen LogP contribution in [0.5, 0.6) is 0 Å². The van der Waals surface area contributed by atoms with Gasteiger partial charge in [0, 0.05) is 0 Å². The largest absolute Gasteiger partial charge is 0.341 e. The molecule has 0 N–H and O–H groups in total. The molecule has 0 heterocycles. The summed E-state index contributed by atoms with van der Waals surface area (Å²) in [6, 6.07) is 1.61. The Morgan fingerprint density at radius 2 is 2.31 bits per heavy atom. The maximum atomic E-state index is 14.2. The predicted octanol–water partition coefficient (Wildman–Crippen LogP) is 3.03. The molecule has 2 rings (SSSR count). The molecule has 2 aliphatic carbocycles. The molecule has 2 atom stereocenters. The van der Waals surface area contributed by atoms with E-state index in [9.17, 15) is 8.78 Å². The summed E-state index contributed by atoms with van der Waals surface area (Å²) in [6.07, 6.45) is 6.65. The highest BCUT2D eigenvalue weighted by molar-refractivity contribution is 5.27. The highest BCUT2D eigenvalue weighted by Crippen LogP contribution is 2.37. The molecular formula is C12H13F2NO. The molecule has 0 aliphatic heterocycles. The second kappa shape index (κ2) is 4.34. The van der Waals surface area contributed by atoms with Crippen LogP contribution >= 0.6 is 0 Å². The topological polar surface area (TPSA) is 33.0 Å². The molecule has 0 radical (unpaired) electrons. The molecule has 2 nitrogen and oxygen atoms in total. The van der Waals surface area contributed by atoms with E-state index < -0.39 is 17.6 Å². The van der Waals surface area contributed by atoms with E-state index in [1.807, 2.05) is 0 Å². The van der Waals surface area contributed by atoms with Crippen LogP contribution in [-0.2, 0) is 4.74 Å². The Bertz CT molecular complexity index is 368. The van der Waals surface area contributed by atoms with Gasteiger partial charge in [-0.25, -0.2) is 8.78 Å². The molecule has 0 bridgehead atoms. The van der Waals surface area contributed by atoms with E-state index in [0.717, 1.165) is 31.4 Å². The molecule has 0 aromatic rings. The van der Waals surface area contributed by atoms with Crippen LogP contribution in [0.3, 0.4) is 0 Å². The summed E-state index contributed by atoms with van der Waals surface area (Å²) in [6.45, 7) is 0.256. The maximum absolute atomic E-state index is 14.2. The van der Waals surface area contributed by atoms with Crippen molar-refractivity contribution in [1.82, 2.24) is 0 Å². The molecule has 2 aliphatic rings. The minimum atomic E-state index is -2.30. The van der Waals surface area contributed by atoms with E-state index >= 15 is 0 Å². The summed E-state index contributed by atoms with van der Waals surface area (Å²) in [5.74, 6) is -4.20. The van der Waals surface area contributed by atoms with E-state index in [2.05, 4.69) is 0 Å². The standard InChI is InChI=1S/C12H13F2NO/c13-11-5-2-6-12(14,10(11)7-15)16-8-9-3-1-4-9/h2,5-6,9-10H,1,3-4,8H2. The minimum absolute atomic E-state index is 0.256. The molecular weight excluding hydrogens is 212 g/mol. The number of nitriles is 1. The smallest absolute Gasteiger partial charge is 0.251 e. The van der Waals surface area contributed by atoms with Gasteiger partial charge >= 0.3 is 0 Å². The first-order valence-corrected chi connectivity index (χ1v) is 5.43. The molecule has 0 saturated heterocycles. The Balaban J connectivity index is 2.01. The van der Waals surface area contributed by atoms with Crippen molar-refractivity contribution in [3.8, 4) is 6.07 Å². The van der Waals surface area contributed by atoms with Gasteiger partial charge in [-0.05, 0) is 30.9 Å². The fraction of sp³-hybridized carbons (Fsp3) is 0.583. The van der Waals surface area contributed by atoms with Gasteiger partial charge in [0.25, 0.3) is 5.85 Å². The Kier molecular flexibility index (Phi) is 3.06. The highest BCUT2D eigenvalue weighted by atomic mass is 19.2. The summed E-state index contributed by atoms with van der Waals surface area (Å²) in [5.41, 5.74) is 0. The van der Waals surface area contributed by atoms with Crippen molar-refractivity contribution in [2.24, 2.45) is 11.8 Å². The predicted molar refractivity (Wildman–Crippen MR) is 54.6 cm³/mol. The van der Waals surface area contributed by atoms with Crippen molar-refractivity contribution in [3.63, 3.8) is 0 Å². The van der Waals surface area contributed by atoms with E-state index in [1.54, 1.807) is 6.07 Å². The summed E-state index contributed by atoms with van der Waals surface area (Å²) < 4.78 is 32.5. The first-order chi connectivity index (χ1) is 7.65. The van der Waals surface area contributed by atoms with Gasteiger partial charge in [0.2, 0.25) is 0 Å². The first kappa shape index (κ1) is 11.3. The zero-order valence-electron chi connectivity index (χ0n) is 8.83. The van der Waals surface area contributed by atoms with Gasteiger partial charge in [-0.15, -0.1) is 0 Å². The van der Waals surface area contributed by atoms with Crippen molar-refractivity contribution >= 4 is 0 Å². The maximum Gasteiger partial charge on any atom is 0.251 e. The number of hydrogen-bond donors (Lipinski definition) is 0. The third-order valence-electron chi connectivity index (χ3n) is 3.14. The van der Waals surface area contributed by atoms with E-state index in [-0.39, 0.29) is 6.61 Å². The molecule has 1 saturated carbocycles. The summed E-state index contributed by atoms with van der Waals surface area (Å²) in [7, 11) is 0. The Labute approximate surface area is 93.2 Å². The van der Waals surface area contributed by atoms with Crippen molar-refractivity contribution in [1.29, 1.82) is 5.26 Å². The van der Waals surface area contributed by atoms with Crippen LogP contribution in [-0.4, -0.2) is 12.5 Å². The van der Waals surface area contributed by atoms with Crippen molar-refractivity contribution in [3.05, 3.63) is 24.1 Å². The van der Waals surface area contributed by atoms with Gasteiger partial charge in [-0.2, -0.15) is 5.26 Å². The minimum Gasteiger partial charge on any atom is -0.341 e. The number of halogens is 2. The number of alkyl halides is 1. The van der Waals surface area contributed by atoms with E-state index in [0.29, 0.717) is 5.92 Å². The lowest BCUT2D eigenvalue weighted by Gasteiger charge is -2.32. The SMILES string of the molecule is N#CC1C(F)=CC=CC1(F)OCC1CCC1. The first-order valence-electron chi connectivity index (χ1n) is 5.43. The van der Waals surface area contributed by atoms with E-state index in [4.69, 9.17) is 10.00 Å².